The van der Waals surface area contributed by atoms with E-state index in [1.807, 2.05) is 6.07 Å². The molecule has 0 unspecified atom stereocenters. The van der Waals surface area contributed by atoms with Gasteiger partial charge in [-0.05, 0) is 61.1 Å². The van der Waals surface area contributed by atoms with Gasteiger partial charge in [0.2, 0.25) is 15.9 Å². The summed E-state index contributed by atoms with van der Waals surface area (Å²) in [6, 6.07) is 11.2. The zero-order chi connectivity index (χ0) is 28.7. The fraction of sp³-hybridized carbons (Fsp3) is 0.464. The van der Waals surface area contributed by atoms with Crippen molar-refractivity contribution in [3.63, 3.8) is 0 Å². The van der Waals surface area contributed by atoms with Gasteiger partial charge in [0.05, 0.1) is 28.5 Å². The lowest BCUT2D eigenvalue weighted by atomic mass is 9.99. The SMILES string of the molecule is N#CC1CN(S(=O)(=O)c2cccc(C(=O)N3CCC[C@@H]3C(=O)N[C@H](CC3CC3)c3ccc(C(F)(F)F)cc3)c2)C1. The van der Waals surface area contributed by atoms with E-state index in [-0.39, 0.29) is 35.4 Å². The van der Waals surface area contributed by atoms with E-state index in [9.17, 15) is 31.2 Å². The smallest absolute Gasteiger partial charge is 0.347 e. The first-order valence-electron chi connectivity index (χ1n) is 13.3. The molecule has 12 heteroatoms. The van der Waals surface area contributed by atoms with Crippen LogP contribution in [0.5, 0.6) is 0 Å². The third kappa shape index (κ3) is 5.86. The van der Waals surface area contributed by atoms with Gasteiger partial charge in [0, 0.05) is 25.2 Å². The average Bonchev–Trinajstić information content (AvgIpc) is 3.58. The van der Waals surface area contributed by atoms with Gasteiger partial charge in [0.15, 0.2) is 0 Å². The predicted octanol–water partition coefficient (Wildman–Crippen LogP) is 4.11. The Labute approximate surface area is 230 Å². The minimum absolute atomic E-state index is 0.0539. The molecule has 1 aliphatic carbocycles. The number of alkyl halides is 3. The van der Waals surface area contributed by atoms with Crippen LogP contribution in [0.4, 0.5) is 13.2 Å². The molecule has 0 radical (unpaired) electrons. The molecule has 2 aromatic rings. The largest absolute Gasteiger partial charge is 0.416 e. The van der Waals surface area contributed by atoms with Crippen LogP contribution in [-0.2, 0) is 21.0 Å². The molecular formula is C28H29F3N4O4S. The average molecular weight is 575 g/mol. The molecule has 2 atom stereocenters. The summed E-state index contributed by atoms with van der Waals surface area (Å²) < 4.78 is 66.2. The van der Waals surface area contributed by atoms with Crippen molar-refractivity contribution >= 4 is 21.8 Å². The highest BCUT2D eigenvalue weighted by Crippen LogP contribution is 2.39. The van der Waals surface area contributed by atoms with Crippen LogP contribution in [0.1, 0.15) is 59.6 Å². The number of hydrogen-bond acceptors (Lipinski definition) is 5. The molecule has 1 saturated carbocycles. The molecule has 2 saturated heterocycles. The Bertz CT molecular complexity index is 1430. The molecule has 3 fully saturated rings. The summed E-state index contributed by atoms with van der Waals surface area (Å²) in [6.45, 7) is 0.524. The summed E-state index contributed by atoms with van der Waals surface area (Å²) in [4.78, 5) is 28.2. The second-order valence-electron chi connectivity index (χ2n) is 10.7. The van der Waals surface area contributed by atoms with Gasteiger partial charge < -0.3 is 10.2 Å². The van der Waals surface area contributed by atoms with Crippen molar-refractivity contribution < 1.29 is 31.2 Å². The normalized spacial score (nSPS) is 20.9. The minimum atomic E-state index is -4.45. The van der Waals surface area contributed by atoms with E-state index >= 15 is 0 Å². The van der Waals surface area contributed by atoms with E-state index in [0.717, 1.165) is 25.0 Å². The number of hydrogen-bond donors (Lipinski definition) is 1. The van der Waals surface area contributed by atoms with E-state index in [1.54, 1.807) is 0 Å². The van der Waals surface area contributed by atoms with Crippen LogP contribution in [-0.4, -0.2) is 55.1 Å². The Kier molecular flexibility index (Phi) is 7.63. The Morgan fingerprint density at radius 2 is 1.77 bits per heavy atom. The van der Waals surface area contributed by atoms with Gasteiger partial charge in [0.25, 0.3) is 5.91 Å². The van der Waals surface area contributed by atoms with E-state index in [0.29, 0.717) is 37.3 Å². The maximum atomic E-state index is 13.5. The molecule has 212 valence electrons. The third-order valence-electron chi connectivity index (χ3n) is 7.79. The summed E-state index contributed by atoms with van der Waals surface area (Å²) >= 11 is 0. The molecule has 5 rings (SSSR count). The number of likely N-dealkylation sites (tertiary alicyclic amines) is 1. The number of rotatable bonds is 8. The van der Waals surface area contributed by atoms with Crippen molar-refractivity contribution in [1.29, 1.82) is 5.26 Å². The number of halogens is 3. The molecule has 3 aliphatic rings. The molecule has 1 N–H and O–H groups in total. The van der Waals surface area contributed by atoms with Gasteiger partial charge in [0.1, 0.15) is 6.04 Å². The Morgan fingerprint density at radius 3 is 2.40 bits per heavy atom. The van der Waals surface area contributed by atoms with Gasteiger partial charge >= 0.3 is 6.18 Å². The number of amides is 2. The zero-order valence-electron chi connectivity index (χ0n) is 21.6. The van der Waals surface area contributed by atoms with Crippen LogP contribution in [0.2, 0.25) is 0 Å². The van der Waals surface area contributed by atoms with Gasteiger partial charge in [-0.1, -0.05) is 31.0 Å². The van der Waals surface area contributed by atoms with Crippen LogP contribution in [0, 0.1) is 23.2 Å². The van der Waals surface area contributed by atoms with Crippen LogP contribution >= 0.6 is 0 Å². The Hall–Kier alpha value is -3.43. The summed E-state index contributed by atoms with van der Waals surface area (Å²) in [6.07, 6.45) is -0.866. The summed E-state index contributed by atoms with van der Waals surface area (Å²) in [7, 11) is -3.86. The second kappa shape index (κ2) is 10.9. The molecular weight excluding hydrogens is 545 g/mol. The number of sulfonamides is 1. The second-order valence-corrected chi connectivity index (χ2v) is 12.6. The Morgan fingerprint density at radius 1 is 1.07 bits per heavy atom. The first kappa shape index (κ1) is 28.1. The molecule has 40 heavy (non-hydrogen) atoms. The van der Waals surface area contributed by atoms with Gasteiger partial charge in [-0.3, -0.25) is 9.59 Å². The summed E-state index contributed by atoms with van der Waals surface area (Å²) in [5.41, 5.74) is -0.0504. The monoisotopic (exact) mass is 574 g/mol. The lowest BCUT2D eigenvalue weighted by Crippen LogP contribution is -2.49. The molecule has 0 bridgehead atoms. The fourth-order valence-corrected chi connectivity index (χ4v) is 6.82. The lowest BCUT2D eigenvalue weighted by Gasteiger charge is -2.34. The molecule has 8 nitrogen and oxygen atoms in total. The third-order valence-corrected chi connectivity index (χ3v) is 9.62. The number of nitrogens with zero attached hydrogens (tertiary/aromatic N) is 3. The lowest BCUT2D eigenvalue weighted by molar-refractivity contribution is -0.137. The standard InChI is InChI=1S/C28H29F3N4O4S/c29-28(30,31)22-10-8-20(9-11-22)24(13-18-6-7-18)33-26(36)25-5-2-12-35(25)27(37)21-3-1-4-23(14-21)40(38,39)34-16-19(15-32)17-34/h1,3-4,8-11,14,18-19,24-25H,2,5-7,12-13,16-17H2,(H,33,36)/t24-,25-/m1/s1. The van der Waals surface area contributed by atoms with Crippen LogP contribution in [0.25, 0.3) is 0 Å². The van der Waals surface area contributed by atoms with Crippen molar-refractivity contribution in [3.05, 3.63) is 65.2 Å². The predicted molar refractivity (Wildman–Crippen MR) is 138 cm³/mol. The van der Waals surface area contributed by atoms with Gasteiger partial charge in [-0.2, -0.15) is 22.7 Å². The number of carbonyl (C=O) groups excluding carboxylic acids is 2. The summed E-state index contributed by atoms with van der Waals surface area (Å²) in [5, 5.41) is 11.9. The number of carbonyl (C=O) groups is 2. The maximum Gasteiger partial charge on any atom is 0.416 e. The van der Waals surface area contributed by atoms with E-state index in [2.05, 4.69) is 5.32 Å². The first-order valence-corrected chi connectivity index (χ1v) is 14.7. The van der Waals surface area contributed by atoms with Gasteiger partial charge in [-0.25, -0.2) is 8.42 Å². The van der Waals surface area contributed by atoms with Crippen molar-refractivity contribution in [2.24, 2.45) is 11.8 Å². The zero-order valence-corrected chi connectivity index (χ0v) is 22.4. The number of benzene rings is 2. The van der Waals surface area contributed by atoms with Crippen molar-refractivity contribution in [2.75, 3.05) is 19.6 Å². The quantitative estimate of drug-likeness (QED) is 0.510. The highest BCUT2D eigenvalue weighted by molar-refractivity contribution is 7.89. The molecule has 2 aliphatic heterocycles. The summed E-state index contributed by atoms with van der Waals surface area (Å²) in [5.74, 6) is -0.826. The first-order chi connectivity index (χ1) is 19.0. The molecule has 0 aromatic heterocycles. The molecule has 0 spiro atoms. The van der Waals surface area contributed by atoms with E-state index in [1.165, 1.54) is 45.6 Å². The van der Waals surface area contributed by atoms with Crippen LogP contribution < -0.4 is 5.32 Å². The number of nitrogens with one attached hydrogen (secondary N) is 1. The minimum Gasteiger partial charge on any atom is -0.347 e. The topological polar surface area (TPSA) is 111 Å². The number of nitriles is 1. The van der Waals surface area contributed by atoms with E-state index in [4.69, 9.17) is 5.26 Å². The maximum absolute atomic E-state index is 13.5. The van der Waals surface area contributed by atoms with Crippen molar-refractivity contribution in [1.82, 2.24) is 14.5 Å². The van der Waals surface area contributed by atoms with E-state index < -0.39 is 39.8 Å². The van der Waals surface area contributed by atoms with Crippen molar-refractivity contribution in [3.8, 4) is 6.07 Å². The highest BCUT2D eigenvalue weighted by Gasteiger charge is 2.39. The van der Waals surface area contributed by atoms with Gasteiger partial charge in [-0.15, -0.1) is 0 Å². The Balaban J connectivity index is 1.30. The van der Waals surface area contributed by atoms with Crippen molar-refractivity contribution in [2.45, 2.75) is 55.3 Å². The highest BCUT2D eigenvalue weighted by atomic mass is 32.2. The van der Waals surface area contributed by atoms with Crippen LogP contribution in [0.15, 0.2) is 53.4 Å². The fourth-order valence-electron chi connectivity index (χ4n) is 5.24. The molecule has 2 aromatic carbocycles. The molecule has 2 heterocycles. The van der Waals surface area contributed by atoms with Crippen LogP contribution in [0.3, 0.4) is 0 Å². The molecule has 2 amide bonds.